The second-order valence-corrected chi connectivity index (χ2v) is 5.41. The molecule has 2 aromatic rings. The summed E-state index contributed by atoms with van der Waals surface area (Å²) < 4.78 is 0. The normalized spacial score (nSPS) is 14.9. The van der Waals surface area contributed by atoms with Crippen LogP contribution in [-0.4, -0.2) is 14.8 Å². The Labute approximate surface area is 104 Å². The first kappa shape index (κ1) is 11.5. The second kappa shape index (κ2) is 4.91. The van der Waals surface area contributed by atoms with Gasteiger partial charge in [-0.2, -0.15) is 0 Å². The van der Waals surface area contributed by atoms with Gasteiger partial charge in [0.05, 0.1) is 11.2 Å². The van der Waals surface area contributed by atoms with Crippen LogP contribution in [0.1, 0.15) is 31.9 Å². The lowest BCUT2D eigenvalue weighted by atomic mass is 9.96. The first-order valence-electron chi connectivity index (χ1n) is 5.57. The minimum Gasteiger partial charge on any atom is -0.240 e. The predicted octanol–water partition coefficient (Wildman–Crippen LogP) is 3.91. The molecule has 3 heteroatoms. The Hall–Kier alpha value is -0.960. The van der Waals surface area contributed by atoms with Gasteiger partial charge >= 0.3 is 0 Å². The van der Waals surface area contributed by atoms with E-state index in [-0.39, 0.29) is 0 Å². The van der Waals surface area contributed by atoms with E-state index in [2.05, 4.69) is 45.8 Å². The van der Waals surface area contributed by atoms with Crippen LogP contribution in [0.5, 0.6) is 0 Å². The molecule has 0 N–H and O–H groups in total. The van der Waals surface area contributed by atoms with Crippen molar-refractivity contribution in [3.05, 3.63) is 36.3 Å². The predicted molar refractivity (Wildman–Crippen MR) is 71.0 cm³/mol. The minimum absolute atomic E-state index is 0.427. The van der Waals surface area contributed by atoms with E-state index in [1.54, 1.807) is 6.33 Å². The van der Waals surface area contributed by atoms with Crippen molar-refractivity contribution in [2.24, 2.45) is 0 Å². The molecule has 0 amide bonds. The van der Waals surface area contributed by atoms with Gasteiger partial charge in [0.25, 0.3) is 0 Å². The first-order chi connectivity index (χ1) is 7.74. The fourth-order valence-electron chi connectivity index (χ4n) is 2.06. The minimum atomic E-state index is 0.427. The maximum absolute atomic E-state index is 4.46. The van der Waals surface area contributed by atoms with Gasteiger partial charge in [-0.05, 0) is 12.5 Å². The third kappa shape index (κ3) is 2.09. The molecule has 2 nitrogen and oxygen atoms in total. The number of hydrogen-bond donors (Lipinski definition) is 0. The summed E-state index contributed by atoms with van der Waals surface area (Å²) >= 11 is 3.66. The van der Waals surface area contributed by atoms with Gasteiger partial charge < -0.3 is 0 Å². The number of nitrogens with zero attached hydrogens (tertiary/aromatic N) is 2. The van der Waals surface area contributed by atoms with Crippen LogP contribution in [0.2, 0.25) is 0 Å². The highest BCUT2D eigenvalue weighted by molar-refractivity contribution is 9.09. The molecule has 84 valence electrons. The topological polar surface area (TPSA) is 25.8 Å². The zero-order valence-electron chi connectivity index (χ0n) is 9.52. The van der Waals surface area contributed by atoms with Gasteiger partial charge in [-0.15, -0.1) is 0 Å². The van der Waals surface area contributed by atoms with Crippen molar-refractivity contribution in [2.45, 2.75) is 31.0 Å². The Balaban J connectivity index is 2.59. The summed E-state index contributed by atoms with van der Waals surface area (Å²) in [6, 6.07) is 8.19. The number of halogens is 1. The van der Waals surface area contributed by atoms with Gasteiger partial charge in [-0.3, -0.25) is 0 Å². The molecule has 0 saturated heterocycles. The van der Waals surface area contributed by atoms with Crippen molar-refractivity contribution in [3.63, 3.8) is 0 Å². The number of alkyl halides is 1. The van der Waals surface area contributed by atoms with Gasteiger partial charge in [-0.1, -0.05) is 48.0 Å². The maximum atomic E-state index is 4.46. The van der Waals surface area contributed by atoms with E-state index in [0.717, 1.165) is 17.6 Å². The quantitative estimate of drug-likeness (QED) is 0.796. The number of hydrogen-bond acceptors (Lipinski definition) is 2. The highest BCUT2D eigenvalue weighted by Crippen LogP contribution is 2.30. The monoisotopic (exact) mass is 278 g/mol. The van der Waals surface area contributed by atoms with Gasteiger partial charge in [-0.25, -0.2) is 9.97 Å². The molecule has 0 saturated carbocycles. The summed E-state index contributed by atoms with van der Waals surface area (Å²) in [5.74, 6) is 0.438. The Morgan fingerprint density at radius 2 is 2.00 bits per heavy atom. The van der Waals surface area contributed by atoms with Gasteiger partial charge in [0, 0.05) is 16.1 Å². The molecule has 2 atom stereocenters. The number of rotatable bonds is 3. The lowest BCUT2D eigenvalue weighted by molar-refractivity contribution is 0.648. The summed E-state index contributed by atoms with van der Waals surface area (Å²) in [6.45, 7) is 4.37. The molecule has 0 aliphatic rings. The van der Waals surface area contributed by atoms with E-state index in [1.165, 1.54) is 5.39 Å². The van der Waals surface area contributed by atoms with E-state index in [1.807, 2.05) is 18.2 Å². The molecule has 2 unspecified atom stereocenters. The van der Waals surface area contributed by atoms with Gasteiger partial charge in [0.2, 0.25) is 0 Å². The van der Waals surface area contributed by atoms with E-state index in [0.29, 0.717) is 10.7 Å². The van der Waals surface area contributed by atoms with E-state index < -0.39 is 0 Å². The van der Waals surface area contributed by atoms with Crippen LogP contribution in [0, 0.1) is 0 Å². The zero-order chi connectivity index (χ0) is 11.5. The number of benzene rings is 1. The first-order valence-corrected chi connectivity index (χ1v) is 6.49. The van der Waals surface area contributed by atoms with E-state index in [4.69, 9.17) is 0 Å². The lowest BCUT2D eigenvalue weighted by Gasteiger charge is -2.18. The van der Waals surface area contributed by atoms with Crippen LogP contribution in [0.25, 0.3) is 10.9 Å². The number of aromatic nitrogens is 2. The smallest absolute Gasteiger partial charge is 0.116 e. The SMILES string of the molecule is CCC(c1ncnc2ccccc12)C(C)Br. The molecule has 1 aromatic carbocycles. The Morgan fingerprint density at radius 1 is 1.25 bits per heavy atom. The molecule has 0 bridgehead atoms. The third-order valence-electron chi connectivity index (χ3n) is 2.92. The van der Waals surface area contributed by atoms with Crippen LogP contribution in [0.15, 0.2) is 30.6 Å². The molecule has 1 aromatic heterocycles. The summed E-state index contributed by atoms with van der Waals surface area (Å²) in [5, 5.41) is 1.17. The molecular weight excluding hydrogens is 264 g/mol. The largest absolute Gasteiger partial charge is 0.240 e. The van der Waals surface area contributed by atoms with Crippen molar-refractivity contribution in [2.75, 3.05) is 0 Å². The molecule has 0 aliphatic carbocycles. The Bertz CT molecular complexity index is 477. The van der Waals surface area contributed by atoms with Crippen LogP contribution in [0.3, 0.4) is 0 Å². The number of para-hydroxylation sites is 1. The van der Waals surface area contributed by atoms with Gasteiger partial charge in [0.1, 0.15) is 6.33 Å². The molecule has 16 heavy (non-hydrogen) atoms. The van der Waals surface area contributed by atoms with Crippen molar-refractivity contribution in [1.82, 2.24) is 9.97 Å². The highest BCUT2D eigenvalue weighted by Gasteiger charge is 2.18. The highest BCUT2D eigenvalue weighted by atomic mass is 79.9. The molecule has 0 aliphatic heterocycles. The van der Waals surface area contributed by atoms with Crippen LogP contribution < -0.4 is 0 Å². The van der Waals surface area contributed by atoms with Crippen molar-refractivity contribution in [1.29, 1.82) is 0 Å². The Morgan fingerprint density at radius 3 is 2.69 bits per heavy atom. The summed E-state index contributed by atoms with van der Waals surface area (Å²) in [5.41, 5.74) is 2.18. The Kier molecular flexibility index (Phi) is 3.54. The second-order valence-electron chi connectivity index (χ2n) is 3.97. The van der Waals surface area contributed by atoms with Crippen molar-refractivity contribution < 1.29 is 0 Å². The van der Waals surface area contributed by atoms with Crippen LogP contribution in [-0.2, 0) is 0 Å². The zero-order valence-corrected chi connectivity index (χ0v) is 11.1. The fourth-order valence-corrected chi connectivity index (χ4v) is 2.68. The lowest BCUT2D eigenvalue weighted by Crippen LogP contribution is -2.10. The molecule has 1 heterocycles. The van der Waals surface area contributed by atoms with Crippen molar-refractivity contribution in [3.8, 4) is 0 Å². The average molecular weight is 279 g/mol. The molecule has 0 fully saturated rings. The summed E-state index contributed by atoms with van der Waals surface area (Å²) in [4.78, 5) is 9.18. The molecule has 2 rings (SSSR count). The van der Waals surface area contributed by atoms with Gasteiger partial charge in [0.15, 0.2) is 0 Å². The fraction of sp³-hybridized carbons (Fsp3) is 0.385. The van der Waals surface area contributed by atoms with E-state index >= 15 is 0 Å². The molecular formula is C13H15BrN2. The van der Waals surface area contributed by atoms with Crippen LogP contribution in [0.4, 0.5) is 0 Å². The maximum Gasteiger partial charge on any atom is 0.116 e. The number of fused-ring (bicyclic) bond motifs is 1. The van der Waals surface area contributed by atoms with Crippen molar-refractivity contribution >= 4 is 26.8 Å². The van der Waals surface area contributed by atoms with E-state index in [9.17, 15) is 0 Å². The summed E-state index contributed by atoms with van der Waals surface area (Å²) in [7, 11) is 0. The third-order valence-corrected chi connectivity index (χ3v) is 3.56. The molecule has 0 spiro atoms. The van der Waals surface area contributed by atoms with Crippen LogP contribution >= 0.6 is 15.9 Å². The average Bonchev–Trinajstić information content (AvgIpc) is 2.30. The summed E-state index contributed by atoms with van der Waals surface area (Å²) in [6.07, 6.45) is 2.74. The molecule has 0 radical (unpaired) electrons. The standard InChI is InChI=1S/C13H15BrN2/c1-3-10(9(2)14)13-11-6-4-5-7-12(11)15-8-16-13/h4-10H,3H2,1-2H3.